The molecule has 3 heterocycles. The van der Waals surface area contributed by atoms with E-state index < -0.39 is 0 Å². The van der Waals surface area contributed by atoms with Crippen LogP contribution in [0.5, 0.6) is 0 Å². The highest BCUT2D eigenvalue weighted by Crippen LogP contribution is 2.20. The van der Waals surface area contributed by atoms with Crippen molar-refractivity contribution in [2.24, 2.45) is 0 Å². The molecule has 0 atom stereocenters. The summed E-state index contributed by atoms with van der Waals surface area (Å²) in [6, 6.07) is 6.52. The van der Waals surface area contributed by atoms with Gasteiger partial charge in [0.25, 0.3) is 5.78 Å². The average Bonchev–Trinajstić information content (AvgIpc) is 3.17. The highest BCUT2D eigenvalue weighted by Gasteiger charge is 2.22. The second kappa shape index (κ2) is 8.59. The first kappa shape index (κ1) is 20.6. The third-order valence-corrected chi connectivity index (χ3v) is 6.16. The number of thioether (sulfide) groups is 1. The highest BCUT2D eigenvalue weighted by molar-refractivity contribution is 7.98. The molecule has 0 N–H and O–H groups in total. The lowest BCUT2D eigenvalue weighted by Gasteiger charge is -2.36. The van der Waals surface area contributed by atoms with Crippen LogP contribution in [0.2, 0.25) is 0 Å². The monoisotopic (exact) mass is 428 g/mol. The van der Waals surface area contributed by atoms with Crippen molar-refractivity contribution in [1.82, 2.24) is 24.5 Å². The van der Waals surface area contributed by atoms with Crippen molar-refractivity contribution in [3.05, 3.63) is 47.0 Å². The molecule has 0 unspecified atom stereocenters. The zero-order chi connectivity index (χ0) is 21.3. The van der Waals surface area contributed by atoms with Crippen molar-refractivity contribution in [2.45, 2.75) is 31.8 Å². The smallest absolute Gasteiger partial charge is 0.253 e. The van der Waals surface area contributed by atoms with Crippen LogP contribution in [0.25, 0.3) is 5.78 Å². The summed E-state index contributed by atoms with van der Waals surface area (Å²) >= 11 is 1.48. The van der Waals surface area contributed by atoms with Crippen LogP contribution in [0.1, 0.15) is 23.4 Å². The molecule has 3 aromatic rings. The van der Waals surface area contributed by atoms with E-state index in [2.05, 4.69) is 20.0 Å². The zero-order valence-electron chi connectivity index (χ0n) is 17.4. The first-order valence-electron chi connectivity index (χ1n) is 10.0. The molecule has 1 amide bonds. The number of hydrogen-bond donors (Lipinski definition) is 0. The second-order valence-electron chi connectivity index (χ2n) is 7.42. The van der Waals surface area contributed by atoms with E-state index in [1.54, 1.807) is 16.6 Å². The van der Waals surface area contributed by atoms with E-state index in [1.165, 1.54) is 23.9 Å². The van der Waals surface area contributed by atoms with Crippen molar-refractivity contribution in [3.63, 3.8) is 0 Å². The summed E-state index contributed by atoms with van der Waals surface area (Å²) in [6.07, 6.45) is 3.01. The Labute approximate surface area is 179 Å². The number of halogens is 1. The molecule has 158 valence electrons. The minimum absolute atomic E-state index is 0.149. The molecule has 0 aliphatic carbocycles. The van der Waals surface area contributed by atoms with E-state index in [1.807, 2.05) is 25.0 Å². The van der Waals surface area contributed by atoms with E-state index in [0.29, 0.717) is 36.9 Å². The molecule has 1 fully saturated rings. The van der Waals surface area contributed by atoms with Crippen LogP contribution in [0.3, 0.4) is 0 Å². The van der Waals surface area contributed by atoms with Crippen molar-refractivity contribution >= 4 is 29.1 Å². The van der Waals surface area contributed by atoms with Gasteiger partial charge in [-0.3, -0.25) is 4.79 Å². The molecular formula is C21H25FN6OS. The molecule has 2 aromatic heterocycles. The zero-order valence-corrected chi connectivity index (χ0v) is 18.2. The Morgan fingerprint density at radius 1 is 1.10 bits per heavy atom. The predicted octanol–water partition coefficient (Wildman–Crippen LogP) is 2.88. The highest BCUT2D eigenvalue weighted by atomic mass is 32.2. The Kier molecular flexibility index (Phi) is 5.90. The number of aromatic nitrogens is 4. The van der Waals surface area contributed by atoms with Crippen LogP contribution in [0.4, 0.5) is 10.1 Å². The van der Waals surface area contributed by atoms with Gasteiger partial charge in [-0.05, 0) is 56.4 Å². The van der Waals surface area contributed by atoms with Gasteiger partial charge in [-0.2, -0.15) is 4.98 Å². The third kappa shape index (κ3) is 4.12. The number of fused-ring (bicyclic) bond motifs is 1. The molecule has 1 aromatic carbocycles. The van der Waals surface area contributed by atoms with E-state index in [0.717, 1.165) is 35.7 Å². The fourth-order valence-electron chi connectivity index (χ4n) is 3.89. The van der Waals surface area contributed by atoms with Gasteiger partial charge in [-0.1, -0.05) is 11.8 Å². The van der Waals surface area contributed by atoms with Gasteiger partial charge in [0.05, 0.1) is 0 Å². The van der Waals surface area contributed by atoms with Gasteiger partial charge in [-0.25, -0.2) is 13.9 Å². The maximum atomic E-state index is 13.1. The van der Waals surface area contributed by atoms with Gasteiger partial charge < -0.3 is 9.80 Å². The normalized spacial score (nSPS) is 14.5. The first-order valence-corrected chi connectivity index (χ1v) is 11.2. The number of anilines is 1. The average molecular weight is 429 g/mol. The van der Waals surface area contributed by atoms with Gasteiger partial charge >= 0.3 is 0 Å². The van der Waals surface area contributed by atoms with Crippen LogP contribution in [-0.4, -0.2) is 62.8 Å². The Morgan fingerprint density at radius 3 is 2.47 bits per heavy atom. The summed E-state index contributed by atoms with van der Waals surface area (Å²) in [5.41, 5.74) is 3.93. The van der Waals surface area contributed by atoms with Crippen molar-refractivity contribution in [3.8, 4) is 0 Å². The molecular weight excluding hydrogens is 403 g/mol. The molecule has 7 nitrogen and oxygen atoms in total. The van der Waals surface area contributed by atoms with Gasteiger partial charge in [-0.15, -0.1) is 5.10 Å². The molecule has 9 heteroatoms. The SMILES string of the molecule is CSc1nc2nc(C)c(CCC(=O)N3CCN(c4ccc(F)cc4)CC3)c(C)n2n1. The molecule has 0 saturated carbocycles. The Hall–Kier alpha value is -2.68. The van der Waals surface area contributed by atoms with Crippen LogP contribution < -0.4 is 4.90 Å². The molecule has 1 aliphatic rings. The summed E-state index contributed by atoms with van der Waals surface area (Å²) in [5, 5.41) is 5.17. The number of benzene rings is 1. The van der Waals surface area contributed by atoms with E-state index in [9.17, 15) is 9.18 Å². The summed E-state index contributed by atoms with van der Waals surface area (Å²) in [6.45, 7) is 6.80. The van der Waals surface area contributed by atoms with Crippen LogP contribution in [-0.2, 0) is 11.2 Å². The summed E-state index contributed by atoms with van der Waals surface area (Å²) in [4.78, 5) is 25.9. The maximum absolute atomic E-state index is 13.1. The molecule has 0 bridgehead atoms. The number of carbonyl (C=O) groups excluding carboxylic acids is 1. The molecule has 30 heavy (non-hydrogen) atoms. The number of carbonyl (C=O) groups is 1. The summed E-state index contributed by atoms with van der Waals surface area (Å²) in [7, 11) is 0. The standard InChI is InChI=1S/C21H25FN6OS/c1-14-18(15(2)28-20(23-14)24-21(25-28)30-3)8-9-19(29)27-12-10-26(11-13-27)17-6-4-16(22)5-7-17/h4-7H,8-13H2,1-3H3. The van der Waals surface area contributed by atoms with E-state index in [-0.39, 0.29) is 11.7 Å². The second-order valence-corrected chi connectivity index (χ2v) is 8.19. The first-order chi connectivity index (χ1) is 14.5. The largest absolute Gasteiger partial charge is 0.368 e. The van der Waals surface area contributed by atoms with Crippen LogP contribution in [0.15, 0.2) is 29.4 Å². The predicted molar refractivity (Wildman–Crippen MR) is 116 cm³/mol. The Balaban J connectivity index is 1.38. The number of hydrogen-bond acceptors (Lipinski definition) is 6. The number of piperazine rings is 1. The molecule has 1 aliphatic heterocycles. The molecule has 1 saturated heterocycles. The lowest BCUT2D eigenvalue weighted by Crippen LogP contribution is -2.48. The van der Waals surface area contributed by atoms with Gasteiger partial charge in [0.15, 0.2) is 0 Å². The number of aryl methyl sites for hydroxylation is 2. The number of rotatable bonds is 5. The van der Waals surface area contributed by atoms with E-state index >= 15 is 0 Å². The molecule has 0 radical (unpaired) electrons. The van der Waals surface area contributed by atoms with Crippen LogP contribution >= 0.6 is 11.8 Å². The van der Waals surface area contributed by atoms with Crippen molar-refractivity contribution < 1.29 is 9.18 Å². The fourth-order valence-corrected chi connectivity index (χ4v) is 4.23. The van der Waals surface area contributed by atoms with Crippen molar-refractivity contribution in [2.75, 3.05) is 37.3 Å². The van der Waals surface area contributed by atoms with Crippen molar-refractivity contribution in [1.29, 1.82) is 0 Å². The fraction of sp³-hybridized carbons (Fsp3) is 0.429. The van der Waals surface area contributed by atoms with Crippen LogP contribution in [0, 0.1) is 19.7 Å². The molecule has 0 spiro atoms. The van der Waals surface area contributed by atoms with Gasteiger partial charge in [0.2, 0.25) is 11.1 Å². The number of nitrogens with zero attached hydrogens (tertiary/aromatic N) is 6. The quantitative estimate of drug-likeness (QED) is 0.582. The van der Waals surface area contributed by atoms with Gasteiger partial charge in [0, 0.05) is 49.7 Å². The minimum atomic E-state index is -0.235. The molecule has 4 rings (SSSR count). The minimum Gasteiger partial charge on any atom is -0.368 e. The topological polar surface area (TPSA) is 66.6 Å². The Bertz CT molecular complexity index is 1060. The third-order valence-electron chi connectivity index (χ3n) is 5.63. The lowest BCUT2D eigenvalue weighted by molar-refractivity contribution is -0.131. The number of amides is 1. The Morgan fingerprint density at radius 2 is 1.80 bits per heavy atom. The summed E-state index contributed by atoms with van der Waals surface area (Å²) in [5.74, 6) is 0.513. The van der Waals surface area contributed by atoms with Gasteiger partial charge in [0.1, 0.15) is 5.82 Å². The maximum Gasteiger partial charge on any atom is 0.253 e. The summed E-state index contributed by atoms with van der Waals surface area (Å²) < 4.78 is 14.9. The lowest BCUT2D eigenvalue weighted by atomic mass is 10.1. The van der Waals surface area contributed by atoms with E-state index in [4.69, 9.17) is 0 Å².